The highest BCUT2D eigenvalue weighted by Crippen LogP contribution is 2.17. The van der Waals surface area contributed by atoms with E-state index in [1.54, 1.807) is 24.3 Å². The lowest BCUT2D eigenvalue weighted by Crippen LogP contribution is -2.34. The molecule has 27 heavy (non-hydrogen) atoms. The average molecular weight is 407 g/mol. The van der Waals surface area contributed by atoms with E-state index in [4.69, 9.17) is 17.0 Å². The van der Waals surface area contributed by atoms with Gasteiger partial charge in [0.15, 0.2) is 5.11 Å². The standard InChI is InChI=1S/C17H17N3O5S2/c1-11(21)20-27(23,24)13-9-7-12(8-10-13)18-17(26)19-16(22)14-5-3-4-6-15(14)25-2/h3-10H,1-2H3,(H,20,21)(H2,18,19,22,26). The van der Waals surface area contributed by atoms with Gasteiger partial charge in [0.05, 0.1) is 17.6 Å². The van der Waals surface area contributed by atoms with Crippen LogP contribution in [0.4, 0.5) is 5.69 Å². The number of thiocarbonyl (C=S) groups is 1. The molecule has 0 aliphatic rings. The Kier molecular flexibility index (Phi) is 6.48. The van der Waals surface area contributed by atoms with E-state index >= 15 is 0 Å². The van der Waals surface area contributed by atoms with Gasteiger partial charge >= 0.3 is 0 Å². The molecule has 0 aliphatic heterocycles. The lowest BCUT2D eigenvalue weighted by molar-refractivity contribution is -0.117. The number of benzene rings is 2. The second-order valence-corrected chi connectivity index (χ2v) is 7.39. The van der Waals surface area contributed by atoms with Crippen LogP contribution in [0.2, 0.25) is 0 Å². The molecular weight excluding hydrogens is 390 g/mol. The Labute approximate surface area is 162 Å². The third kappa shape index (κ3) is 5.50. The summed E-state index contributed by atoms with van der Waals surface area (Å²) < 4.78 is 30.8. The summed E-state index contributed by atoms with van der Waals surface area (Å²) in [4.78, 5) is 23.1. The van der Waals surface area contributed by atoms with E-state index in [-0.39, 0.29) is 10.0 Å². The summed E-state index contributed by atoms with van der Waals surface area (Å²) in [6.45, 7) is 1.11. The summed E-state index contributed by atoms with van der Waals surface area (Å²) >= 11 is 5.10. The molecule has 0 radical (unpaired) electrons. The third-order valence-electron chi connectivity index (χ3n) is 3.28. The maximum atomic E-state index is 12.3. The van der Waals surface area contributed by atoms with Gasteiger partial charge in [-0.3, -0.25) is 14.9 Å². The van der Waals surface area contributed by atoms with Gasteiger partial charge in [0, 0.05) is 12.6 Å². The lowest BCUT2D eigenvalue weighted by atomic mass is 10.2. The molecule has 142 valence electrons. The van der Waals surface area contributed by atoms with Crippen LogP contribution in [0, 0.1) is 0 Å². The number of rotatable bonds is 5. The summed E-state index contributed by atoms with van der Waals surface area (Å²) in [5, 5.41) is 5.32. The maximum absolute atomic E-state index is 12.3. The number of anilines is 1. The molecule has 2 amide bonds. The van der Waals surface area contributed by atoms with Crippen LogP contribution >= 0.6 is 12.2 Å². The molecule has 0 aliphatic carbocycles. The van der Waals surface area contributed by atoms with E-state index in [1.807, 2.05) is 4.72 Å². The Bertz CT molecular complexity index is 972. The number of amides is 2. The van der Waals surface area contributed by atoms with Crippen LogP contribution in [0.15, 0.2) is 53.4 Å². The van der Waals surface area contributed by atoms with E-state index in [9.17, 15) is 18.0 Å². The van der Waals surface area contributed by atoms with Crippen molar-refractivity contribution in [1.82, 2.24) is 10.0 Å². The van der Waals surface area contributed by atoms with Gasteiger partial charge in [-0.1, -0.05) is 12.1 Å². The average Bonchev–Trinajstić information content (AvgIpc) is 2.60. The van der Waals surface area contributed by atoms with Gasteiger partial charge < -0.3 is 10.1 Å². The van der Waals surface area contributed by atoms with Crippen LogP contribution in [0.1, 0.15) is 17.3 Å². The minimum Gasteiger partial charge on any atom is -0.496 e. The Balaban J connectivity index is 2.04. The Morgan fingerprint density at radius 1 is 1.04 bits per heavy atom. The van der Waals surface area contributed by atoms with Gasteiger partial charge in [-0.25, -0.2) is 13.1 Å². The van der Waals surface area contributed by atoms with Crippen LogP contribution in [0.25, 0.3) is 0 Å². The molecule has 0 bridgehead atoms. The fourth-order valence-corrected chi connectivity index (χ4v) is 3.33. The molecule has 0 aromatic heterocycles. The van der Waals surface area contributed by atoms with E-state index < -0.39 is 21.8 Å². The first-order valence-corrected chi connectivity index (χ1v) is 9.51. The molecule has 0 spiro atoms. The number of para-hydroxylation sites is 1. The van der Waals surface area contributed by atoms with Crippen LogP contribution in [0.5, 0.6) is 5.75 Å². The van der Waals surface area contributed by atoms with Crippen molar-refractivity contribution in [3.63, 3.8) is 0 Å². The first-order chi connectivity index (χ1) is 12.7. The second-order valence-electron chi connectivity index (χ2n) is 5.29. The van der Waals surface area contributed by atoms with Crippen molar-refractivity contribution in [2.75, 3.05) is 12.4 Å². The molecule has 0 saturated carbocycles. The number of carbonyl (C=O) groups excluding carboxylic acids is 2. The van der Waals surface area contributed by atoms with Gasteiger partial charge in [0.1, 0.15) is 5.75 Å². The molecule has 10 heteroatoms. The normalized spacial score (nSPS) is 10.6. The zero-order valence-corrected chi connectivity index (χ0v) is 16.1. The quantitative estimate of drug-likeness (QED) is 0.646. The number of hydrogen-bond donors (Lipinski definition) is 3. The van der Waals surface area contributed by atoms with Crippen molar-refractivity contribution in [3.05, 3.63) is 54.1 Å². The molecule has 0 atom stereocenters. The minimum absolute atomic E-state index is 0.0309. The molecule has 0 fully saturated rings. The van der Waals surface area contributed by atoms with Crippen molar-refractivity contribution < 1.29 is 22.7 Å². The highest BCUT2D eigenvalue weighted by molar-refractivity contribution is 7.90. The number of methoxy groups -OCH3 is 1. The van der Waals surface area contributed by atoms with Crippen molar-refractivity contribution in [2.24, 2.45) is 0 Å². The molecule has 0 unspecified atom stereocenters. The zero-order chi connectivity index (χ0) is 20.0. The molecule has 2 aromatic rings. The largest absolute Gasteiger partial charge is 0.496 e. The monoisotopic (exact) mass is 407 g/mol. The molecule has 3 N–H and O–H groups in total. The first-order valence-electron chi connectivity index (χ1n) is 7.62. The molecule has 0 heterocycles. The van der Waals surface area contributed by atoms with E-state index in [2.05, 4.69) is 10.6 Å². The molecule has 0 saturated heterocycles. The Hall–Kier alpha value is -2.98. The lowest BCUT2D eigenvalue weighted by Gasteiger charge is -2.12. The fraction of sp³-hybridized carbons (Fsp3) is 0.118. The van der Waals surface area contributed by atoms with Crippen molar-refractivity contribution in [3.8, 4) is 5.75 Å². The minimum atomic E-state index is -3.91. The molecule has 8 nitrogen and oxygen atoms in total. The van der Waals surface area contributed by atoms with E-state index in [0.717, 1.165) is 6.92 Å². The summed E-state index contributed by atoms with van der Waals surface area (Å²) in [6.07, 6.45) is 0. The maximum Gasteiger partial charge on any atom is 0.264 e. The number of carbonyl (C=O) groups is 2. The molecule has 2 aromatic carbocycles. The van der Waals surface area contributed by atoms with Crippen LogP contribution in [-0.2, 0) is 14.8 Å². The highest BCUT2D eigenvalue weighted by atomic mass is 32.2. The van der Waals surface area contributed by atoms with Gasteiger partial charge in [-0.05, 0) is 48.6 Å². The van der Waals surface area contributed by atoms with Gasteiger partial charge in [0.25, 0.3) is 15.9 Å². The number of nitrogens with one attached hydrogen (secondary N) is 3. The van der Waals surface area contributed by atoms with E-state index in [0.29, 0.717) is 17.0 Å². The van der Waals surface area contributed by atoms with Gasteiger partial charge in [0.2, 0.25) is 5.91 Å². The number of sulfonamides is 1. The van der Waals surface area contributed by atoms with Crippen molar-refractivity contribution in [2.45, 2.75) is 11.8 Å². The topological polar surface area (TPSA) is 114 Å². The summed E-state index contributed by atoms with van der Waals surface area (Å²) in [6, 6.07) is 12.2. The zero-order valence-electron chi connectivity index (χ0n) is 14.5. The predicted molar refractivity (Wildman–Crippen MR) is 104 cm³/mol. The predicted octanol–water partition coefficient (Wildman–Crippen LogP) is 1.65. The van der Waals surface area contributed by atoms with Gasteiger partial charge in [-0.15, -0.1) is 0 Å². The summed E-state index contributed by atoms with van der Waals surface area (Å²) in [7, 11) is -2.45. The number of ether oxygens (including phenoxy) is 1. The fourth-order valence-electron chi connectivity index (χ4n) is 2.13. The van der Waals surface area contributed by atoms with Crippen LogP contribution in [0.3, 0.4) is 0 Å². The first kappa shape index (κ1) is 20.3. The Morgan fingerprint density at radius 2 is 1.67 bits per heavy atom. The van der Waals surface area contributed by atoms with Crippen LogP contribution in [-0.4, -0.2) is 32.5 Å². The second kappa shape index (κ2) is 8.60. The van der Waals surface area contributed by atoms with E-state index in [1.165, 1.54) is 31.4 Å². The van der Waals surface area contributed by atoms with Crippen molar-refractivity contribution in [1.29, 1.82) is 0 Å². The Morgan fingerprint density at radius 3 is 2.26 bits per heavy atom. The molecular formula is C17H17N3O5S2. The smallest absolute Gasteiger partial charge is 0.264 e. The van der Waals surface area contributed by atoms with Crippen LogP contribution < -0.4 is 20.1 Å². The summed E-state index contributed by atoms with van der Waals surface area (Å²) in [5.41, 5.74) is 0.781. The molecule has 2 rings (SSSR count). The van der Waals surface area contributed by atoms with Crippen molar-refractivity contribution >= 4 is 44.9 Å². The van der Waals surface area contributed by atoms with Gasteiger partial charge in [-0.2, -0.15) is 0 Å². The summed E-state index contributed by atoms with van der Waals surface area (Å²) in [5.74, 6) is -0.724. The SMILES string of the molecule is COc1ccccc1C(=O)NC(=S)Nc1ccc(S(=O)(=O)NC(C)=O)cc1. The highest BCUT2D eigenvalue weighted by Gasteiger charge is 2.16. The third-order valence-corrected chi connectivity index (χ3v) is 4.93. The number of hydrogen-bond acceptors (Lipinski definition) is 6.